The molecule has 0 radical (unpaired) electrons. The molecule has 5 heteroatoms. The van der Waals surface area contributed by atoms with Gasteiger partial charge in [-0.2, -0.15) is 5.10 Å². The van der Waals surface area contributed by atoms with E-state index in [4.69, 9.17) is 4.74 Å². The lowest BCUT2D eigenvalue weighted by Crippen LogP contribution is -2.21. The number of benzene rings is 1. The summed E-state index contributed by atoms with van der Waals surface area (Å²) in [6.07, 6.45) is 1.42. The van der Waals surface area contributed by atoms with E-state index in [9.17, 15) is 9.18 Å². The van der Waals surface area contributed by atoms with Crippen LogP contribution in [0.25, 0.3) is 5.69 Å². The number of methoxy groups -OCH3 is 1. The molecule has 2 rings (SSSR count). The van der Waals surface area contributed by atoms with Crippen LogP contribution in [0.1, 0.15) is 36.8 Å². The number of carbonyl (C=O) groups excluding carboxylic acids is 1. The first kappa shape index (κ1) is 14.2. The highest BCUT2D eigenvalue weighted by Gasteiger charge is 2.29. The lowest BCUT2D eigenvalue weighted by molar-refractivity contribution is 0.0597. The minimum absolute atomic E-state index is 0.313. The second kappa shape index (κ2) is 5.07. The van der Waals surface area contributed by atoms with Crippen molar-refractivity contribution in [1.29, 1.82) is 0 Å². The van der Waals surface area contributed by atoms with Crippen LogP contribution in [-0.4, -0.2) is 22.9 Å². The zero-order chi connectivity index (χ0) is 14.9. The van der Waals surface area contributed by atoms with Crippen LogP contribution in [0.3, 0.4) is 0 Å². The SMILES string of the molecule is COC(=O)c1cnn(-c2ccccc2F)c1C(C)(C)C. The summed E-state index contributed by atoms with van der Waals surface area (Å²) in [5.74, 6) is -0.866. The number of halogens is 1. The molecule has 1 heterocycles. The Balaban J connectivity index is 2.70. The monoisotopic (exact) mass is 276 g/mol. The van der Waals surface area contributed by atoms with Gasteiger partial charge >= 0.3 is 5.97 Å². The largest absolute Gasteiger partial charge is 0.465 e. The molecule has 0 N–H and O–H groups in total. The molecule has 0 amide bonds. The standard InChI is InChI=1S/C15H17FN2O2/c1-15(2,3)13-10(14(19)20-4)9-17-18(13)12-8-6-5-7-11(12)16/h5-9H,1-4H3. The van der Waals surface area contributed by atoms with Crippen molar-refractivity contribution in [1.82, 2.24) is 9.78 Å². The van der Waals surface area contributed by atoms with E-state index in [2.05, 4.69) is 5.10 Å². The van der Waals surface area contributed by atoms with Gasteiger partial charge in [-0.25, -0.2) is 13.9 Å². The Morgan fingerprint density at radius 3 is 2.50 bits per heavy atom. The van der Waals surface area contributed by atoms with Crippen LogP contribution in [0.5, 0.6) is 0 Å². The third-order valence-corrected chi connectivity index (χ3v) is 2.97. The van der Waals surface area contributed by atoms with Gasteiger partial charge in [-0.15, -0.1) is 0 Å². The Morgan fingerprint density at radius 1 is 1.30 bits per heavy atom. The first-order valence-electron chi connectivity index (χ1n) is 6.28. The maximum atomic E-state index is 14.0. The molecular weight excluding hydrogens is 259 g/mol. The van der Waals surface area contributed by atoms with Gasteiger partial charge in [0.25, 0.3) is 0 Å². The van der Waals surface area contributed by atoms with Crippen molar-refractivity contribution in [2.45, 2.75) is 26.2 Å². The van der Waals surface area contributed by atoms with E-state index in [0.29, 0.717) is 16.9 Å². The molecule has 0 fully saturated rings. The topological polar surface area (TPSA) is 44.1 Å². The Bertz CT molecular complexity index is 642. The maximum absolute atomic E-state index is 14.0. The Morgan fingerprint density at radius 2 is 1.95 bits per heavy atom. The Kier molecular flexibility index (Phi) is 3.61. The third kappa shape index (κ3) is 2.43. The number of esters is 1. The number of ether oxygens (including phenoxy) is 1. The summed E-state index contributed by atoms with van der Waals surface area (Å²) in [5, 5.41) is 4.16. The highest BCUT2D eigenvalue weighted by Crippen LogP contribution is 2.29. The highest BCUT2D eigenvalue weighted by atomic mass is 19.1. The molecule has 0 bridgehead atoms. The van der Waals surface area contributed by atoms with Gasteiger partial charge in [-0.3, -0.25) is 0 Å². The van der Waals surface area contributed by atoms with E-state index >= 15 is 0 Å². The summed E-state index contributed by atoms with van der Waals surface area (Å²) in [5.41, 5.74) is 0.896. The van der Waals surface area contributed by atoms with Crippen LogP contribution >= 0.6 is 0 Å². The summed E-state index contributed by atoms with van der Waals surface area (Å²) in [6.45, 7) is 5.81. The number of para-hydroxylation sites is 1. The molecule has 0 saturated heterocycles. The van der Waals surface area contributed by atoms with Gasteiger partial charge in [0.1, 0.15) is 17.1 Å². The first-order valence-corrected chi connectivity index (χ1v) is 6.28. The van der Waals surface area contributed by atoms with Crippen molar-refractivity contribution >= 4 is 5.97 Å². The lowest BCUT2D eigenvalue weighted by Gasteiger charge is -2.22. The molecule has 20 heavy (non-hydrogen) atoms. The average Bonchev–Trinajstić information content (AvgIpc) is 2.83. The molecule has 0 atom stereocenters. The minimum Gasteiger partial charge on any atom is -0.465 e. The fourth-order valence-electron chi connectivity index (χ4n) is 2.14. The van der Waals surface area contributed by atoms with Crippen molar-refractivity contribution in [3.63, 3.8) is 0 Å². The molecule has 1 aromatic heterocycles. The number of nitrogens with zero attached hydrogens (tertiary/aromatic N) is 2. The van der Waals surface area contributed by atoms with Crippen molar-refractivity contribution in [2.24, 2.45) is 0 Å². The zero-order valence-electron chi connectivity index (χ0n) is 12.0. The highest BCUT2D eigenvalue weighted by molar-refractivity contribution is 5.91. The van der Waals surface area contributed by atoms with E-state index in [-0.39, 0.29) is 5.41 Å². The van der Waals surface area contributed by atoms with Crippen molar-refractivity contribution < 1.29 is 13.9 Å². The van der Waals surface area contributed by atoms with Crippen LogP contribution in [-0.2, 0) is 10.2 Å². The number of aromatic nitrogens is 2. The smallest absolute Gasteiger partial charge is 0.341 e. The summed E-state index contributed by atoms with van der Waals surface area (Å²) in [6, 6.07) is 6.32. The third-order valence-electron chi connectivity index (χ3n) is 2.97. The van der Waals surface area contributed by atoms with Gasteiger partial charge in [-0.1, -0.05) is 32.9 Å². The van der Waals surface area contributed by atoms with Crippen LogP contribution in [0.4, 0.5) is 4.39 Å². The van der Waals surface area contributed by atoms with Crippen LogP contribution in [0.15, 0.2) is 30.5 Å². The lowest BCUT2D eigenvalue weighted by atomic mass is 9.89. The number of hydrogen-bond donors (Lipinski definition) is 0. The summed E-state index contributed by atoms with van der Waals surface area (Å²) < 4.78 is 20.2. The summed E-state index contributed by atoms with van der Waals surface area (Å²) >= 11 is 0. The van der Waals surface area contributed by atoms with Crippen LogP contribution < -0.4 is 0 Å². The predicted molar refractivity (Wildman–Crippen MR) is 73.6 cm³/mol. The Labute approximate surface area is 117 Å². The molecule has 0 saturated carbocycles. The molecule has 0 aliphatic carbocycles. The van der Waals surface area contributed by atoms with E-state index in [0.717, 1.165) is 0 Å². The quantitative estimate of drug-likeness (QED) is 0.792. The second-order valence-electron chi connectivity index (χ2n) is 5.51. The minimum atomic E-state index is -0.475. The molecule has 106 valence electrons. The number of hydrogen-bond acceptors (Lipinski definition) is 3. The van der Waals surface area contributed by atoms with Gasteiger partial charge in [0.2, 0.25) is 0 Å². The summed E-state index contributed by atoms with van der Waals surface area (Å²) in [7, 11) is 1.31. The van der Waals surface area contributed by atoms with E-state index in [1.165, 1.54) is 24.1 Å². The van der Waals surface area contributed by atoms with Gasteiger partial charge < -0.3 is 4.74 Å². The van der Waals surface area contributed by atoms with E-state index < -0.39 is 11.8 Å². The Hall–Kier alpha value is -2.17. The van der Waals surface area contributed by atoms with Crippen LogP contribution in [0.2, 0.25) is 0 Å². The molecule has 0 aliphatic rings. The fraction of sp³-hybridized carbons (Fsp3) is 0.333. The molecule has 2 aromatic rings. The second-order valence-corrected chi connectivity index (χ2v) is 5.51. The number of carbonyl (C=O) groups is 1. The van der Waals surface area contributed by atoms with Crippen molar-refractivity contribution in [2.75, 3.05) is 7.11 Å². The van der Waals surface area contributed by atoms with E-state index in [1.807, 2.05) is 20.8 Å². The fourth-order valence-corrected chi connectivity index (χ4v) is 2.14. The van der Waals surface area contributed by atoms with Gasteiger partial charge in [0.05, 0.1) is 19.0 Å². The van der Waals surface area contributed by atoms with Gasteiger partial charge in [-0.05, 0) is 12.1 Å². The molecule has 4 nitrogen and oxygen atoms in total. The predicted octanol–water partition coefficient (Wildman–Crippen LogP) is 3.10. The summed E-state index contributed by atoms with van der Waals surface area (Å²) in [4.78, 5) is 11.8. The normalized spacial score (nSPS) is 11.4. The van der Waals surface area contributed by atoms with Gasteiger partial charge in [0.15, 0.2) is 0 Å². The molecule has 0 spiro atoms. The van der Waals surface area contributed by atoms with Gasteiger partial charge in [0, 0.05) is 5.41 Å². The first-order chi connectivity index (χ1) is 9.36. The van der Waals surface area contributed by atoms with Crippen LogP contribution in [0, 0.1) is 5.82 Å². The van der Waals surface area contributed by atoms with Crippen molar-refractivity contribution in [3.8, 4) is 5.69 Å². The average molecular weight is 276 g/mol. The molecule has 1 aromatic carbocycles. The number of rotatable bonds is 2. The molecular formula is C15H17FN2O2. The van der Waals surface area contributed by atoms with Crippen molar-refractivity contribution in [3.05, 3.63) is 47.5 Å². The molecule has 0 aliphatic heterocycles. The zero-order valence-corrected chi connectivity index (χ0v) is 12.0. The van der Waals surface area contributed by atoms with E-state index in [1.54, 1.807) is 18.2 Å². The maximum Gasteiger partial charge on any atom is 0.341 e. The molecule has 0 unspecified atom stereocenters.